The second-order valence-corrected chi connectivity index (χ2v) is 5.12. The first-order valence-electron chi connectivity index (χ1n) is 6.83. The molecule has 3 rings (SSSR count). The van der Waals surface area contributed by atoms with Crippen molar-refractivity contribution in [3.63, 3.8) is 0 Å². The first-order chi connectivity index (χ1) is 10.1. The third-order valence-corrected chi connectivity index (χ3v) is 3.63. The smallest absolute Gasteiger partial charge is 0.423 e. The summed E-state index contributed by atoms with van der Waals surface area (Å²) in [4.78, 5) is 12.2. The van der Waals surface area contributed by atoms with E-state index in [2.05, 4.69) is 0 Å². The van der Waals surface area contributed by atoms with Crippen molar-refractivity contribution in [2.45, 2.75) is 12.8 Å². The predicted octanol–water partition coefficient (Wildman–Crippen LogP) is 1.96. The molecule has 0 saturated carbocycles. The van der Waals surface area contributed by atoms with Crippen LogP contribution in [-0.4, -0.2) is 24.5 Å². The van der Waals surface area contributed by atoms with Crippen molar-refractivity contribution < 1.29 is 51.6 Å². The Morgan fingerprint density at radius 1 is 1.26 bits per heavy atom. The minimum absolute atomic E-state index is 0. The summed E-state index contributed by atoms with van der Waals surface area (Å²) < 4.78 is 18.3. The van der Waals surface area contributed by atoms with Crippen molar-refractivity contribution in [2.75, 3.05) is 6.61 Å². The molecular formula is C17H17BFO3Y-. The van der Waals surface area contributed by atoms with Crippen molar-refractivity contribution in [1.29, 1.82) is 0 Å². The summed E-state index contributed by atoms with van der Waals surface area (Å²) in [5.74, 6) is -0.573. The molecule has 0 atom stereocenters. The van der Waals surface area contributed by atoms with Crippen LogP contribution in [0.2, 0.25) is 0 Å². The zero-order valence-corrected chi connectivity index (χ0v) is 15.8. The summed E-state index contributed by atoms with van der Waals surface area (Å²) in [7, 11) is -0.932. The molecule has 1 aliphatic heterocycles. The molecule has 1 N–H and O–H groups in total. The van der Waals surface area contributed by atoms with Crippen molar-refractivity contribution in [1.82, 2.24) is 0 Å². The van der Waals surface area contributed by atoms with Gasteiger partial charge in [-0.1, -0.05) is 30.3 Å². The van der Waals surface area contributed by atoms with Gasteiger partial charge >= 0.3 is 7.12 Å². The second-order valence-electron chi connectivity index (χ2n) is 5.12. The van der Waals surface area contributed by atoms with Crippen LogP contribution in [0.1, 0.15) is 21.5 Å². The Kier molecular flexibility index (Phi) is 7.75. The number of halogens is 1. The third kappa shape index (κ3) is 4.80. The summed E-state index contributed by atoms with van der Waals surface area (Å²) in [6.45, 7) is 0.496. The Labute approximate surface area is 161 Å². The van der Waals surface area contributed by atoms with Crippen molar-refractivity contribution in [3.8, 4) is 0 Å². The zero-order valence-electron chi connectivity index (χ0n) is 13.0. The molecule has 3 nitrogen and oxygen atoms in total. The maximum absolute atomic E-state index is 13.1. The Hall–Kier alpha value is -0.871. The van der Waals surface area contributed by atoms with Gasteiger partial charge in [-0.15, -0.1) is 0 Å². The number of benzene rings is 2. The van der Waals surface area contributed by atoms with Gasteiger partial charge in [-0.2, -0.15) is 0 Å². The van der Waals surface area contributed by atoms with Gasteiger partial charge in [-0.05, 0) is 35.1 Å². The van der Waals surface area contributed by atoms with E-state index in [0.29, 0.717) is 17.6 Å². The van der Waals surface area contributed by atoms with E-state index >= 15 is 0 Å². The maximum Gasteiger partial charge on any atom is 0.491 e. The zero-order chi connectivity index (χ0) is 14.8. The average Bonchev–Trinajstić information content (AvgIpc) is 2.48. The fraction of sp³-hybridized carbons (Fsp3) is 0.176. The molecule has 0 saturated heterocycles. The molecule has 1 heterocycles. The van der Waals surface area contributed by atoms with Gasteiger partial charge in [0.05, 0.1) is 0 Å². The Morgan fingerprint density at radius 2 is 2.04 bits per heavy atom. The molecule has 0 unspecified atom stereocenters. The maximum atomic E-state index is 13.1. The Morgan fingerprint density at radius 3 is 2.78 bits per heavy atom. The molecule has 0 fully saturated rings. The summed E-state index contributed by atoms with van der Waals surface area (Å²) in [6.07, 6.45) is 0.925. The van der Waals surface area contributed by atoms with Crippen molar-refractivity contribution in [3.05, 3.63) is 72.4 Å². The Balaban J connectivity index is 0.00000132. The van der Waals surface area contributed by atoms with Gasteiger partial charge in [0.15, 0.2) is 5.78 Å². The molecule has 1 radical (unpaired) electrons. The van der Waals surface area contributed by atoms with Gasteiger partial charge < -0.3 is 17.1 Å². The fourth-order valence-corrected chi connectivity index (χ4v) is 2.53. The summed E-state index contributed by atoms with van der Waals surface area (Å²) in [6, 6.07) is 11.2. The number of carbonyl (C=O) groups excluding carboxylic acids is 1. The van der Waals surface area contributed by atoms with Gasteiger partial charge in [-0.25, -0.2) is 4.39 Å². The van der Waals surface area contributed by atoms with Crippen LogP contribution in [0, 0.1) is 13.2 Å². The number of hydrogen-bond donors (Lipinski definition) is 1. The van der Waals surface area contributed by atoms with Crippen LogP contribution in [0.15, 0.2) is 42.5 Å². The third-order valence-electron chi connectivity index (χ3n) is 3.63. The topological polar surface area (TPSA) is 46.5 Å². The minimum atomic E-state index is -0.932. The average molecular weight is 388 g/mol. The number of rotatable bonds is 3. The molecule has 2 aromatic carbocycles. The first-order valence-corrected chi connectivity index (χ1v) is 6.83. The molecule has 0 amide bonds. The number of Topliss-reactive ketones (excluding diaryl/α,β-unsaturated/α-hetero) is 1. The van der Waals surface area contributed by atoms with Gasteiger partial charge in [-0.3, -0.25) is 4.79 Å². The monoisotopic (exact) mass is 388 g/mol. The molecule has 6 heteroatoms. The number of hydrogen-bond acceptors (Lipinski definition) is 3. The van der Waals surface area contributed by atoms with Crippen LogP contribution >= 0.6 is 0 Å². The Bertz CT molecular complexity index is 693. The number of ketones is 1. The normalized spacial score (nSPS) is 12.7. The van der Waals surface area contributed by atoms with E-state index < -0.39 is 12.9 Å². The summed E-state index contributed by atoms with van der Waals surface area (Å²) in [5.41, 5.74) is 2.89. The first kappa shape index (κ1) is 20.2. The van der Waals surface area contributed by atoms with E-state index in [1.165, 1.54) is 18.2 Å². The van der Waals surface area contributed by atoms with E-state index in [0.717, 1.165) is 17.5 Å². The van der Waals surface area contributed by atoms with Crippen molar-refractivity contribution in [2.24, 2.45) is 0 Å². The molecule has 0 bridgehead atoms. The van der Waals surface area contributed by atoms with Crippen LogP contribution in [0.4, 0.5) is 4.39 Å². The fourth-order valence-electron chi connectivity index (χ4n) is 2.53. The predicted molar refractivity (Wildman–Crippen MR) is 84.6 cm³/mol. The molecular weight excluding hydrogens is 371 g/mol. The number of fused-ring (bicyclic) bond motifs is 1. The van der Waals surface area contributed by atoms with Gasteiger partial charge in [0.1, 0.15) is 5.82 Å². The van der Waals surface area contributed by atoms with E-state index in [9.17, 15) is 14.2 Å². The van der Waals surface area contributed by atoms with Gasteiger partial charge in [0.25, 0.3) is 0 Å². The summed E-state index contributed by atoms with van der Waals surface area (Å²) in [5, 5.41) is 9.82. The van der Waals surface area contributed by atoms with Crippen LogP contribution in [0.3, 0.4) is 0 Å². The van der Waals surface area contributed by atoms with E-state index in [-0.39, 0.29) is 52.3 Å². The van der Waals surface area contributed by atoms with Gasteiger partial charge in [0.2, 0.25) is 0 Å². The van der Waals surface area contributed by atoms with E-state index in [4.69, 9.17) is 4.65 Å². The molecule has 0 spiro atoms. The molecule has 2 aromatic rings. The van der Waals surface area contributed by atoms with Crippen LogP contribution in [0.25, 0.3) is 0 Å². The largest absolute Gasteiger partial charge is 0.491 e. The van der Waals surface area contributed by atoms with Gasteiger partial charge in [0, 0.05) is 51.3 Å². The summed E-state index contributed by atoms with van der Waals surface area (Å²) >= 11 is 0. The molecule has 0 aliphatic carbocycles. The molecule has 0 aromatic heterocycles. The number of carbonyl (C=O) groups is 1. The van der Waals surface area contributed by atoms with Crippen LogP contribution < -0.4 is 5.46 Å². The van der Waals surface area contributed by atoms with E-state index in [1.807, 2.05) is 12.1 Å². The van der Waals surface area contributed by atoms with Crippen LogP contribution in [-0.2, 0) is 50.2 Å². The molecule has 1 aliphatic rings. The van der Waals surface area contributed by atoms with Crippen LogP contribution in [0.5, 0.6) is 0 Å². The quantitative estimate of drug-likeness (QED) is 0.497. The molecule has 23 heavy (non-hydrogen) atoms. The minimum Gasteiger partial charge on any atom is -0.423 e. The SMILES string of the molecule is O=C(Cc1ccc2c(c1)B(O)OCC2)c1cccc(F)c1.[CH3-].[Y]. The van der Waals surface area contributed by atoms with E-state index in [1.54, 1.807) is 12.1 Å². The standard InChI is InChI=1S/C16H14BFO3.CH3.Y/c18-14-3-1-2-13(10-14)16(19)9-11-4-5-12-6-7-21-17(20)15(12)8-11;;/h1-5,8,10,20H,6-7,9H2;1H3;/q;-1;. The molecule has 117 valence electrons. The second kappa shape index (κ2) is 8.83. The van der Waals surface area contributed by atoms with Crippen molar-refractivity contribution >= 4 is 18.4 Å².